The molecule has 0 radical (unpaired) electrons. The highest BCUT2D eigenvalue weighted by atomic mass is 16.3. The molecule has 6 atom stereocenters. The minimum absolute atomic E-state index is 0.00657. The summed E-state index contributed by atoms with van der Waals surface area (Å²) in [5.41, 5.74) is 24.9. The van der Waals surface area contributed by atoms with Crippen molar-refractivity contribution >= 4 is 16.8 Å². The van der Waals surface area contributed by atoms with E-state index >= 15 is 0 Å². The molecule has 6 rings (SSSR count). The van der Waals surface area contributed by atoms with Gasteiger partial charge in [0.25, 0.3) is 0 Å². The molecule has 1 heterocycles. The van der Waals surface area contributed by atoms with Crippen LogP contribution >= 0.6 is 0 Å². The lowest BCUT2D eigenvalue weighted by atomic mass is 10.0. The molecule has 0 aliphatic heterocycles. The molecule has 0 bridgehead atoms. The van der Waals surface area contributed by atoms with Crippen LogP contribution in [0.1, 0.15) is 53.5 Å². The Morgan fingerprint density at radius 3 is 1.42 bits per heavy atom. The number of phenols is 4. The Hall–Kier alpha value is -6.01. The number of aromatic hydroxyl groups is 4. The topological polar surface area (TPSA) is 264 Å². The van der Waals surface area contributed by atoms with E-state index in [0.29, 0.717) is 71.6 Å². The molecule has 15 nitrogen and oxygen atoms in total. The van der Waals surface area contributed by atoms with E-state index in [9.17, 15) is 25.2 Å². The van der Waals surface area contributed by atoms with Gasteiger partial charge in [0, 0.05) is 106 Å². The third-order valence-corrected chi connectivity index (χ3v) is 13.1. The number of unbranched alkanes of at least 4 members (excludes halogenated alkanes) is 1. The van der Waals surface area contributed by atoms with Crippen molar-refractivity contribution in [1.82, 2.24) is 36.9 Å². The predicted octanol–water partition coefficient (Wildman–Crippen LogP) is 4.22. The number of fused-ring (bicyclic) bond motifs is 1. The molecule has 17 N–H and O–H groups in total. The summed E-state index contributed by atoms with van der Waals surface area (Å²) in [5.74, 6) is 0.543. The number of nitrogens with one attached hydrogen (secondary N) is 7. The number of rotatable bonds is 34. The molecule has 0 aliphatic rings. The Balaban J connectivity index is 1.16. The van der Waals surface area contributed by atoms with Gasteiger partial charge in [-0.2, -0.15) is 0 Å². The van der Waals surface area contributed by atoms with E-state index in [1.54, 1.807) is 48.5 Å². The fraction of sp³-hybridized carbons (Fsp3) is 0.411. The Morgan fingerprint density at radius 1 is 0.507 bits per heavy atom. The number of H-pyrrole nitrogens is 1. The molecular weight excluding hydrogens is 893 g/mol. The molecule has 6 aromatic rings. The molecular formula is C56H78N10O5. The van der Waals surface area contributed by atoms with Crippen LogP contribution in [0.25, 0.3) is 10.9 Å². The first-order chi connectivity index (χ1) is 34.5. The van der Waals surface area contributed by atoms with Gasteiger partial charge in [0.2, 0.25) is 5.91 Å². The second kappa shape index (κ2) is 29.4. The predicted molar refractivity (Wildman–Crippen MR) is 286 cm³/mol. The van der Waals surface area contributed by atoms with E-state index in [1.165, 1.54) is 10.9 Å². The van der Waals surface area contributed by atoms with E-state index in [0.717, 1.165) is 59.9 Å². The minimum Gasteiger partial charge on any atom is -0.508 e. The third-order valence-electron chi connectivity index (χ3n) is 13.1. The smallest absolute Gasteiger partial charge is 0.218 e. The number of carbonyl (C=O) groups is 1. The van der Waals surface area contributed by atoms with Crippen molar-refractivity contribution in [2.75, 3.05) is 52.4 Å². The summed E-state index contributed by atoms with van der Waals surface area (Å²) in [7, 11) is 0. The summed E-state index contributed by atoms with van der Waals surface area (Å²) in [6, 6.07) is 37.7. The van der Waals surface area contributed by atoms with Crippen LogP contribution in [0.4, 0.5) is 0 Å². The van der Waals surface area contributed by atoms with Crippen molar-refractivity contribution < 1.29 is 25.2 Å². The number of carbonyl (C=O) groups excluding carboxylic acids is 1. The molecule has 1 amide bonds. The number of benzene rings is 5. The van der Waals surface area contributed by atoms with Crippen molar-refractivity contribution in [2.45, 2.75) is 94.0 Å². The second-order valence-electron chi connectivity index (χ2n) is 19.0. The quantitative estimate of drug-likeness (QED) is 0.0253. The molecule has 382 valence electrons. The molecule has 0 spiro atoms. The van der Waals surface area contributed by atoms with Crippen molar-refractivity contribution in [3.05, 3.63) is 155 Å². The van der Waals surface area contributed by atoms with Gasteiger partial charge in [-0.3, -0.25) is 4.79 Å². The van der Waals surface area contributed by atoms with Gasteiger partial charge in [-0.25, -0.2) is 0 Å². The monoisotopic (exact) mass is 971 g/mol. The Kier molecular flexibility index (Phi) is 22.5. The van der Waals surface area contributed by atoms with Gasteiger partial charge in [-0.15, -0.1) is 0 Å². The van der Waals surface area contributed by atoms with Crippen LogP contribution in [0.15, 0.2) is 128 Å². The normalized spacial score (nSPS) is 14.2. The van der Waals surface area contributed by atoms with Crippen LogP contribution in [0.2, 0.25) is 0 Å². The summed E-state index contributed by atoms with van der Waals surface area (Å²) in [5, 5.41) is 64.1. The largest absolute Gasteiger partial charge is 0.508 e. The van der Waals surface area contributed by atoms with E-state index in [-0.39, 0.29) is 71.6 Å². The van der Waals surface area contributed by atoms with Crippen LogP contribution in [-0.2, 0) is 36.9 Å². The van der Waals surface area contributed by atoms with Gasteiger partial charge in [-0.05, 0) is 134 Å². The Morgan fingerprint density at radius 2 is 0.930 bits per heavy atom. The summed E-state index contributed by atoms with van der Waals surface area (Å²) in [4.78, 5) is 15.0. The summed E-state index contributed by atoms with van der Waals surface area (Å²) in [6.07, 6.45) is 8.82. The molecule has 15 heteroatoms. The van der Waals surface area contributed by atoms with Gasteiger partial charge in [0.05, 0.1) is 0 Å². The SMILES string of the molecule is NCCCC[C@@H](CN[C@H](CN[C@H](CN[C@H](CNCCC(N)=O)Cc1ccc(O)cc1)Cc1ccc(O)cc1)Cc1ccc(O)cc1)NC[C@H](Cc1c[nH]c2ccccc12)NC[C@@H](N)Cc1ccc(O)cc1. The van der Waals surface area contributed by atoms with Gasteiger partial charge < -0.3 is 74.5 Å². The molecule has 5 aromatic carbocycles. The summed E-state index contributed by atoms with van der Waals surface area (Å²) in [6.45, 7) is 5.02. The van der Waals surface area contributed by atoms with E-state index in [4.69, 9.17) is 17.2 Å². The van der Waals surface area contributed by atoms with E-state index < -0.39 is 0 Å². The third kappa shape index (κ3) is 20.0. The number of hydrogen-bond acceptors (Lipinski definition) is 13. The van der Waals surface area contributed by atoms with Crippen LogP contribution in [0.3, 0.4) is 0 Å². The molecule has 0 fully saturated rings. The van der Waals surface area contributed by atoms with Gasteiger partial charge in [0.15, 0.2) is 0 Å². The van der Waals surface area contributed by atoms with Crippen LogP contribution < -0.4 is 49.1 Å². The summed E-state index contributed by atoms with van der Waals surface area (Å²) < 4.78 is 0. The number of para-hydroxylation sites is 1. The molecule has 0 saturated heterocycles. The standard InChI is InChI=1S/C56H78N10O5/c57-25-4-3-5-45(62-38-49(31-43-32-66-55-7-2-1-6-54(43)55)61-33-44(58)27-39-8-16-50(67)17-9-39)35-63-47(29-41-12-20-52(69)21-13-41)37-65-48(30-42-14-22-53(70)23-15-42)36-64-46(34-60-26-24-56(59)71)28-40-10-18-51(68)19-11-40/h1-2,6-23,32,44-49,60-70H,3-5,24-31,33-38,57-58H2,(H2,59,71)/t44-,45-,46-,47-,48-,49-/m0/s1. The van der Waals surface area contributed by atoms with Gasteiger partial charge in [-0.1, -0.05) is 73.2 Å². The van der Waals surface area contributed by atoms with Crippen molar-refractivity contribution in [1.29, 1.82) is 0 Å². The number of nitrogens with two attached hydrogens (primary N) is 3. The number of aromatic nitrogens is 1. The Bertz CT molecular complexity index is 2420. The van der Waals surface area contributed by atoms with E-state index in [2.05, 4.69) is 61.3 Å². The average molecular weight is 971 g/mol. The lowest BCUT2D eigenvalue weighted by molar-refractivity contribution is -0.117. The molecule has 71 heavy (non-hydrogen) atoms. The number of hydrogen-bond donors (Lipinski definition) is 14. The van der Waals surface area contributed by atoms with Crippen molar-refractivity contribution in [2.24, 2.45) is 17.2 Å². The van der Waals surface area contributed by atoms with Crippen LogP contribution in [0.5, 0.6) is 23.0 Å². The fourth-order valence-corrected chi connectivity index (χ4v) is 9.04. The lowest BCUT2D eigenvalue weighted by Crippen LogP contribution is -2.53. The first-order valence-corrected chi connectivity index (χ1v) is 25.3. The van der Waals surface area contributed by atoms with Crippen molar-refractivity contribution in [3.8, 4) is 23.0 Å². The number of phenolic OH excluding ortho intramolecular Hbond substituents is 4. The summed E-state index contributed by atoms with van der Waals surface area (Å²) >= 11 is 0. The zero-order chi connectivity index (χ0) is 50.2. The Labute approximate surface area is 419 Å². The molecule has 0 aliphatic carbocycles. The maximum Gasteiger partial charge on any atom is 0.218 e. The first kappa shape index (κ1) is 54.3. The van der Waals surface area contributed by atoms with Crippen LogP contribution in [0, 0.1) is 0 Å². The minimum atomic E-state index is -0.353. The number of primary amides is 1. The van der Waals surface area contributed by atoms with E-state index in [1.807, 2.05) is 54.6 Å². The molecule has 0 unspecified atom stereocenters. The highest BCUT2D eigenvalue weighted by molar-refractivity contribution is 5.83. The average Bonchev–Trinajstić information content (AvgIpc) is 3.77. The first-order valence-electron chi connectivity index (χ1n) is 25.3. The maximum atomic E-state index is 11.5. The molecule has 0 saturated carbocycles. The van der Waals surface area contributed by atoms with Gasteiger partial charge in [0.1, 0.15) is 23.0 Å². The molecule has 1 aromatic heterocycles. The highest BCUT2D eigenvalue weighted by Crippen LogP contribution is 2.20. The van der Waals surface area contributed by atoms with Gasteiger partial charge >= 0.3 is 0 Å². The zero-order valence-corrected chi connectivity index (χ0v) is 41.0. The lowest BCUT2D eigenvalue weighted by Gasteiger charge is -2.29. The zero-order valence-electron chi connectivity index (χ0n) is 41.0. The second-order valence-corrected chi connectivity index (χ2v) is 19.0. The fourth-order valence-electron chi connectivity index (χ4n) is 9.04. The maximum absolute atomic E-state index is 11.5. The highest BCUT2D eigenvalue weighted by Gasteiger charge is 2.21. The number of aromatic amines is 1. The van der Waals surface area contributed by atoms with Crippen molar-refractivity contribution in [3.63, 3.8) is 0 Å². The van der Waals surface area contributed by atoms with Crippen LogP contribution in [-0.4, -0.2) is 120 Å². The number of amides is 1.